The molecular weight excluding hydrogens is 254 g/mol. The molecule has 0 saturated carbocycles. The number of hydrogen-bond donors (Lipinski definition) is 1. The summed E-state index contributed by atoms with van der Waals surface area (Å²) in [6.45, 7) is 1.32. The van der Waals surface area contributed by atoms with E-state index in [0.29, 0.717) is 6.79 Å². The monoisotopic (exact) mass is 271 g/mol. The summed E-state index contributed by atoms with van der Waals surface area (Å²) in [5.41, 5.74) is 2.66. The molecule has 1 atom stereocenters. The third kappa shape index (κ3) is 1.86. The Kier molecular flexibility index (Phi) is 2.67. The molecule has 3 heterocycles. The van der Waals surface area contributed by atoms with Gasteiger partial charge in [0.2, 0.25) is 6.79 Å². The van der Waals surface area contributed by atoms with Crippen molar-refractivity contribution >= 4 is 0 Å². The van der Waals surface area contributed by atoms with Gasteiger partial charge in [0.05, 0.1) is 0 Å². The van der Waals surface area contributed by atoms with Gasteiger partial charge in [0, 0.05) is 31.9 Å². The van der Waals surface area contributed by atoms with Gasteiger partial charge < -0.3 is 19.4 Å². The summed E-state index contributed by atoms with van der Waals surface area (Å²) in [7, 11) is 2.03. The number of fused-ring (bicyclic) bond motifs is 2. The standard InChI is InChI=1S/C15H17N3O2/c1-18-5-4-17-15(18)8-12-11-7-14-13(19-9-20-14)6-10(11)2-3-16-12/h4-7,12,16H,2-3,8-9H2,1H3. The van der Waals surface area contributed by atoms with Gasteiger partial charge in [-0.25, -0.2) is 4.98 Å². The molecule has 4 rings (SSSR count). The fraction of sp³-hybridized carbons (Fsp3) is 0.400. The normalized spacial score (nSPS) is 19.9. The zero-order valence-electron chi connectivity index (χ0n) is 11.4. The predicted molar refractivity (Wildman–Crippen MR) is 73.9 cm³/mol. The van der Waals surface area contributed by atoms with Crippen LogP contribution in [0.3, 0.4) is 0 Å². The van der Waals surface area contributed by atoms with E-state index in [1.165, 1.54) is 11.1 Å². The van der Waals surface area contributed by atoms with Crippen LogP contribution in [0.2, 0.25) is 0 Å². The highest BCUT2D eigenvalue weighted by Crippen LogP contribution is 2.38. The Bertz CT molecular complexity index is 651. The third-order valence-electron chi connectivity index (χ3n) is 4.10. The van der Waals surface area contributed by atoms with E-state index in [-0.39, 0.29) is 6.04 Å². The molecule has 1 N–H and O–H groups in total. The van der Waals surface area contributed by atoms with Gasteiger partial charge in [-0.05, 0) is 36.2 Å². The molecule has 0 aliphatic carbocycles. The summed E-state index contributed by atoms with van der Waals surface area (Å²) in [5.74, 6) is 2.83. The van der Waals surface area contributed by atoms with Crippen molar-refractivity contribution in [2.45, 2.75) is 18.9 Å². The van der Waals surface area contributed by atoms with Crippen LogP contribution in [0, 0.1) is 0 Å². The summed E-state index contributed by atoms with van der Waals surface area (Å²) >= 11 is 0. The smallest absolute Gasteiger partial charge is 0.231 e. The highest BCUT2D eigenvalue weighted by molar-refractivity contribution is 5.50. The van der Waals surface area contributed by atoms with E-state index in [1.54, 1.807) is 0 Å². The Labute approximate surface area is 117 Å². The van der Waals surface area contributed by atoms with Crippen LogP contribution in [-0.2, 0) is 19.9 Å². The topological polar surface area (TPSA) is 48.3 Å². The van der Waals surface area contributed by atoms with Crippen LogP contribution in [0.4, 0.5) is 0 Å². The minimum Gasteiger partial charge on any atom is -0.454 e. The maximum absolute atomic E-state index is 5.50. The Balaban J connectivity index is 1.69. The maximum atomic E-state index is 5.50. The van der Waals surface area contributed by atoms with Crippen molar-refractivity contribution in [2.24, 2.45) is 7.05 Å². The van der Waals surface area contributed by atoms with Crippen molar-refractivity contribution in [1.29, 1.82) is 0 Å². The van der Waals surface area contributed by atoms with Crippen molar-refractivity contribution in [3.63, 3.8) is 0 Å². The molecule has 2 aliphatic rings. The van der Waals surface area contributed by atoms with Crippen LogP contribution in [0.15, 0.2) is 24.5 Å². The molecule has 1 aromatic carbocycles. The Hall–Kier alpha value is -2.01. The lowest BCUT2D eigenvalue weighted by atomic mass is 9.91. The second kappa shape index (κ2) is 4.52. The van der Waals surface area contributed by atoms with Crippen molar-refractivity contribution in [1.82, 2.24) is 14.9 Å². The van der Waals surface area contributed by atoms with Crippen molar-refractivity contribution in [3.05, 3.63) is 41.5 Å². The average molecular weight is 271 g/mol. The molecule has 0 amide bonds. The number of hydrogen-bond acceptors (Lipinski definition) is 4. The zero-order valence-corrected chi connectivity index (χ0v) is 11.4. The predicted octanol–water partition coefficient (Wildman–Crippen LogP) is 1.58. The molecule has 104 valence electrons. The Morgan fingerprint density at radius 1 is 1.35 bits per heavy atom. The number of aryl methyl sites for hydroxylation is 1. The van der Waals surface area contributed by atoms with Gasteiger partial charge in [0.1, 0.15) is 5.82 Å². The minimum absolute atomic E-state index is 0.286. The van der Waals surface area contributed by atoms with Crippen molar-refractivity contribution in [3.8, 4) is 11.5 Å². The van der Waals surface area contributed by atoms with Gasteiger partial charge in [0.25, 0.3) is 0 Å². The first-order chi connectivity index (χ1) is 9.81. The summed E-state index contributed by atoms with van der Waals surface area (Å²) in [6.07, 6.45) is 5.75. The first kappa shape index (κ1) is 11.8. The van der Waals surface area contributed by atoms with E-state index in [4.69, 9.17) is 9.47 Å². The van der Waals surface area contributed by atoms with Crippen LogP contribution in [-0.4, -0.2) is 22.9 Å². The van der Waals surface area contributed by atoms with Crippen molar-refractivity contribution < 1.29 is 9.47 Å². The minimum atomic E-state index is 0.286. The van der Waals surface area contributed by atoms with Crippen LogP contribution in [0.5, 0.6) is 11.5 Å². The molecule has 0 saturated heterocycles. The van der Waals surface area contributed by atoms with Gasteiger partial charge in [-0.15, -0.1) is 0 Å². The number of nitrogens with zero attached hydrogens (tertiary/aromatic N) is 2. The average Bonchev–Trinajstić information content (AvgIpc) is 3.06. The fourth-order valence-corrected chi connectivity index (χ4v) is 2.99. The molecule has 0 bridgehead atoms. The van der Waals surface area contributed by atoms with Gasteiger partial charge >= 0.3 is 0 Å². The first-order valence-corrected chi connectivity index (χ1v) is 6.93. The molecule has 0 radical (unpaired) electrons. The van der Waals surface area contributed by atoms with Crippen molar-refractivity contribution in [2.75, 3.05) is 13.3 Å². The number of imidazole rings is 1. The molecule has 20 heavy (non-hydrogen) atoms. The quantitative estimate of drug-likeness (QED) is 0.901. The number of benzene rings is 1. The van der Waals surface area contributed by atoms with E-state index in [0.717, 1.165) is 36.7 Å². The zero-order chi connectivity index (χ0) is 13.5. The SMILES string of the molecule is Cn1ccnc1CC1NCCc2cc3c(cc21)OCO3. The highest BCUT2D eigenvalue weighted by Gasteiger charge is 2.25. The molecular formula is C15H17N3O2. The summed E-state index contributed by atoms with van der Waals surface area (Å²) in [5, 5.41) is 3.58. The maximum Gasteiger partial charge on any atom is 0.231 e. The Morgan fingerprint density at radius 3 is 3.00 bits per heavy atom. The number of rotatable bonds is 2. The van der Waals surface area contributed by atoms with Gasteiger partial charge in [0.15, 0.2) is 11.5 Å². The molecule has 0 spiro atoms. The highest BCUT2D eigenvalue weighted by atomic mass is 16.7. The van der Waals surface area contributed by atoms with Crippen LogP contribution in [0.25, 0.3) is 0 Å². The lowest BCUT2D eigenvalue weighted by Gasteiger charge is -2.27. The number of ether oxygens (including phenoxy) is 2. The Morgan fingerprint density at radius 2 is 2.20 bits per heavy atom. The fourth-order valence-electron chi connectivity index (χ4n) is 2.99. The van der Waals surface area contributed by atoms with E-state index in [9.17, 15) is 0 Å². The van der Waals surface area contributed by atoms with E-state index in [2.05, 4.69) is 27.0 Å². The number of nitrogens with one attached hydrogen (secondary N) is 1. The van der Waals surface area contributed by atoms with Crippen LogP contribution in [0.1, 0.15) is 23.0 Å². The van der Waals surface area contributed by atoms with E-state index < -0.39 is 0 Å². The molecule has 2 aromatic rings. The van der Waals surface area contributed by atoms with E-state index >= 15 is 0 Å². The van der Waals surface area contributed by atoms with Crippen LogP contribution < -0.4 is 14.8 Å². The number of aromatic nitrogens is 2. The van der Waals surface area contributed by atoms with Crippen LogP contribution >= 0.6 is 0 Å². The lowest BCUT2D eigenvalue weighted by Crippen LogP contribution is -2.31. The second-order valence-corrected chi connectivity index (χ2v) is 5.32. The molecule has 5 heteroatoms. The molecule has 0 fully saturated rings. The first-order valence-electron chi connectivity index (χ1n) is 6.93. The molecule has 1 aromatic heterocycles. The third-order valence-corrected chi connectivity index (χ3v) is 4.10. The summed E-state index contributed by atoms with van der Waals surface area (Å²) in [6, 6.07) is 4.54. The second-order valence-electron chi connectivity index (χ2n) is 5.32. The molecule has 1 unspecified atom stereocenters. The summed E-state index contributed by atoms with van der Waals surface area (Å²) in [4.78, 5) is 4.42. The molecule has 5 nitrogen and oxygen atoms in total. The largest absolute Gasteiger partial charge is 0.454 e. The van der Waals surface area contributed by atoms with Gasteiger partial charge in [-0.2, -0.15) is 0 Å². The summed E-state index contributed by atoms with van der Waals surface area (Å²) < 4.78 is 13.0. The molecule has 2 aliphatic heterocycles. The van der Waals surface area contributed by atoms with Gasteiger partial charge in [-0.3, -0.25) is 0 Å². The lowest BCUT2D eigenvalue weighted by molar-refractivity contribution is 0.174. The van der Waals surface area contributed by atoms with Gasteiger partial charge in [-0.1, -0.05) is 0 Å². The van der Waals surface area contributed by atoms with E-state index in [1.807, 2.05) is 19.4 Å².